The fourth-order valence-corrected chi connectivity index (χ4v) is 1.71. The van der Waals surface area contributed by atoms with Crippen LogP contribution in [0.15, 0.2) is 36.5 Å². The number of alkyl halides is 2. The molecule has 0 bridgehead atoms. The minimum atomic E-state index is -2.86. The monoisotopic (exact) mass is 295 g/mol. The molecule has 0 radical (unpaired) electrons. The maximum atomic E-state index is 12.0. The molecule has 1 heterocycles. The third-order valence-electron chi connectivity index (χ3n) is 2.74. The van der Waals surface area contributed by atoms with Gasteiger partial charge in [0.1, 0.15) is 5.75 Å². The third-order valence-corrected chi connectivity index (χ3v) is 2.74. The van der Waals surface area contributed by atoms with E-state index >= 15 is 0 Å². The number of ether oxygens (including phenoxy) is 1. The lowest BCUT2D eigenvalue weighted by molar-refractivity contribution is -0.0498. The van der Waals surface area contributed by atoms with Crippen molar-refractivity contribution in [1.29, 1.82) is 0 Å². The number of benzene rings is 1. The number of aryl methyl sites for hydroxylation is 1. The van der Waals surface area contributed by atoms with Crippen molar-refractivity contribution < 1.29 is 18.6 Å². The van der Waals surface area contributed by atoms with E-state index in [-0.39, 0.29) is 12.3 Å². The molecule has 1 aromatic carbocycles. The molecule has 0 aliphatic heterocycles. The lowest BCUT2D eigenvalue weighted by Crippen LogP contribution is -2.14. The Hall–Kier alpha value is -2.28. The van der Waals surface area contributed by atoms with Gasteiger partial charge in [0.2, 0.25) is 5.95 Å². The number of nitrogens with one attached hydrogen (secondary N) is 1. The fourth-order valence-electron chi connectivity index (χ4n) is 1.71. The summed E-state index contributed by atoms with van der Waals surface area (Å²) in [5.41, 5.74) is 1.40. The van der Waals surface area contributed by atoms with Crippen molar-refractivity contribution in [3.8, 4) is 5.75 Å². The summed E-state index contributed by atoms with van der Waals surface area (Å²) in [6.45, 7) is -0.815. The number of aliphatic hydroxyl groups is 1. The van der Waals surface area contributed by atoms with E-state index in [0.29, 0.717) is 11.5 Å². The topological polar surface area (TPSA) is 67.3 Å². The Labute approximate surface area is 120 Å². The number of aliphatic hydroxyl groups excluding tert-OH is 1. The van der Waals surface area contributed by atoms with E-state index < -0.39 is 12.7 Å². The first-order valence-corrected chi connectivity index (χ1v) is 6.31. The molecule has 21 heavy (non-hydrogen) atoms. The molecule has 112 valence electrons. The summed E-state index contributed by atoms with van der Waals surface area (Å²) in [6, 6.07) is 7.59. The summed E-state index contributed by atoms with van der Waals surface area (Å²) in [7, 11) is 0. The molecule has 7 heteroatoms. The molecule has 1 unspecified atom stereocenters. The second-order valence-electron chi connectivity index (χ2n) is 4.37. The van der Waals surface area contributed by atoms with Crippen LogP contribution in [-0.4, -0.2) is 28.2 Å². The van der Waals surface area contributed by atoms with Crippen LogP contribution in [-0.2, 0) is 0 Å². The number of nitrogens with zero attached hydrogens (tertiary/aromatic N) is 2. The highest BCUT2D eigenvalue weighted by Gasteiger charge is 2.09. The van der Waals surface area contributed by atoms with Gasteiger partial charge in [0, 0.05) is 18.4 Å². The van der Waals surface area contributed by atoms with Crippen LogP contribution in [0.25, 0.3) is 0 Å². The lowest BCUT2D eigenvalue weighted by atomic mass is 10.1. The van der Waals surface area contributed by atoms with E-state index in [0.717, 1.165) is 5.69 Å². The summed E-state index contributed by atoms with van der Waals surface area (Å²) >= 11 is 0. The Kier molecular flexibility index (Phi) is 4.99. The second kappa shape index (κ2) is 6.94. The minimum Gasteiger partial charge on any atom is -0.435 e. The zero-order chi connectivity index (χ0) is 15.2. The van der Waals surface area contributed by atoms with Crippen LogP contribution in [0.5, 0.6) is 5.75 Å². The van der Waals surface area contributed by atoms with Crippen molar-refractivity contribution in [3.63, 3.8) is 0 Å². The first-order chi connectivity index (χ1) is 10.0. The third kappa shape index (κ3) is 4.64. The first kappa shape index (κ1) is 15.1. The Bertz CT molecular complexity index is 579. The van der Waals surface area contributed by atoms with Crippen LogP contribution < -0.4 is 10.1 Å². The van der Waals surface area contributed by atoms with E-state index in [4.69, 9.17) is 0 Å². The smallest absolute Gasteiger partial charge is 0.387 e. The van der Waals surface area contributed by atoms with Gasteiger partial charge in [0.25, 0.3) is 0 Å². The molecule has 0 saturated carbocycles. The normalized spacial score (nSPS) is 12.2. The van der Waals surface area contributed by atoms with Gasteiger partial charge in [-0.05, 0) is 30.7 Å². The molecule has 2 aromatic rings. The Balaban J connectivity index is 1.92. The maximum absolute atomic E-state index is 12.0. The number of anilines is 1. The quantitative estimate of drug-likeness (QED) is 0.857. The zero-order valence-corrected chi connectivity index (χ0v) is 11.3. The average molecular weight is 295 g/mol. The van der Waals surface area contributed by atoms with Gasteiger partial charge in [-0.15, -0.1) is 0 Å². The Morgan fingerprint density at radius 3 is 2.57 bits per heavy atom. The summed E-state index contributed by atoms with van der Waals surface area (Å²) < 4.78 is 28.3. The van der Waals surface area contributed by atoms with Crippen molar-refractivity contribution in [2.75, 3.05) is 11.9 Å². The van der Waals surface area contributed by atoms with Crippen LogP contribution in [0.1, 0.15) is 17.4 Å². The Morgan fingerprint density at radius 1 is 1.24 bits per heavy atom. The molecule has 1 atom stereocenters. The molecule has 0 fully saturated rings. The van der Waals surface area contributed by atoms with Gasteiger partial charge in [-0.3, -0.25) is 0 Å². The number of aromatic nitrogens is 2. The largest absolute Gasteiger partial charge is 0.435 e. The molecule has 2 N–H and O–H groups in total. The molecule has 0 amide bonds. The van der Waals surface area contributed by atoms with Crippen molar-refractivity contribution in [1.82, 2.24) is 9.97 Å². The molecular weight excluding hydrogens is 280 g/mol. The van der Waals surface area contributed by atoms with Crippen LogP contribution >= 0.6 is 0 Å². The van der Waals surface area contributed by atoms with Gasteiger partial charge in [0.05, 0.1) is 6.10 Å². The highest BCUT2D eigenvalue weighted by Crippen LogP contribution is 2.19. The van der Waals surface area contributed by atoms with Gasteiger partial charge in [-0.2, -0.15) is 8.78 Å². The van der Waals surface area contributed by atoms with Crippen LogP contribution in [0.2, 0.25) is 0 Å². The van der Waals surface area contributed by atoms with Gasteiger partial charge in [-0.25, -0.2) is 9.97 Å². The summed E-state index contributed by atoms with van der Waals surface area (Å²) in [4.78, 5) is 8.16. The predicted octanol–water partition coefficient (Wildman–Crippen LogP) is 2.53. The maximum Gasteiger partial charge on any atom is 0.387 e. The highest BCUT2D eigenvalue weighted by molar-refractivity contribution is 5.30. The number of halogens is 2. The van der Waals surface area contributed by atoms with E-state index in [1.54, 1.807) is 12.3 Å². The summed E-state index contributed by atoms with van der Waals surface area (Å²) in [5.74, 6) is 0.475. The van der Waals surface area contributed by atoms with Crippen LogP contribution in [0, 0.1) is 6.92 Å². The van der Waals surface area contributed by atoms with E-state index in [1.165, 1.54) is 24.3 Å². The summed E-state index contributed by atoms with van der Waals surface area (Å²) in [5, 5.41) is 12.9. The molecule has 0 spiro atoms. The fraction of sp³-hybridized carbons (Fsp3) is 0.286. The number of hydrogen-bond acceptors (Lipinski definition) is 5. The average Bonchev–Trinajstić information content (AvgIpc) is 2.45. The van der Waals surface area contributed by atoms with Crippen molar-refractivity contribution in [2.24, 2.45) is 0 Å². The van der Waals surface area contributed by atoms with Gasteiger partial charge in [0.15, 0.2) is 0 Å². The second-order valence-corrected chi connectivity index (χ2v) is 4.37. The van der Waals surface area contributed by atoms with Crippen LogP contribution in [0.4, 0.5) is 14.7 Å². The summed E-state index contributed by atoms with van der Waals surface area (Å²) in [6.07, 6.45) is 0.808. The van der Waals surface area contributed by atoms with Crippen molar-refractivity contribution in [2.45, 2.75) is 19.6 Å². The van der Waals surface area contributed by atoms with Crippen LogP contribution in [0.3, 0.4) is 0 Å². The van der Waals surface area contributed by atoms with Gasteiger partial charge < -0.3 is 15.2 Å². The molecule has 0 aliphatic carbocycles. The molecule has 2 rings (SSSR count). The highest BCUT2D eigenvalue weighted by atomic mass is 19.3. The first-order valence-electron chi connectivity index (χ1n) is 6.31. The van der Waals surface area contributed by atoms with Crippen molar-refractivity contribution >= 4 is 5.95 Å². The van der Waals surface area contributed by atoms with E-state index in [2.05, 4.69) is 20.0 Å². The number of rotatable bonds is 6. The minimum absolute atomic E-state index is 0.0518. The van der Waals surface area contributed by atoms with E-state index in [1.807, 2.05) is 6.92 Å². The molecule has 5 nitrogen and oxygen atoms in total. The standard InChI is InChI=1S/C14H15F2N3O2/c1-9-6-7-17-14(19-9)18-8-12(20)10-2-4-11(5-3-10)21-13(15)16/h2-7,12-13,20H,8H2,1H3,(H,17,18,19). The van der Waals surface area contributed by atoms with Crippen molar-refractivity contribution in [3.05, 3.63) is 47.8 Å². The molecule has 0 saturated heterocycles. The Morgan fingerprint density at radius 2 is 1.95 bits per heavy atom. The molecule has 0 aliphatic rings. The lowest BCUT2D eigenvalue weighted by Gasteiger charge is -2.13. The molecular formula is C14H15F2N3O2. The van der Waals surface area contributed by atoms with Gasteiger partial charge in [-0.1, -0.05) is 12.1 Å². The zero-order valence-electron chi connectivity index (χ0n) is 11.3. The number of hydrogen-bond donors (Lipinski definition) is 2. The van der Waals surface area contributed by atoms with Gasteiger partial charge >= 0.3 is 6.61 Å². The molecule has 1 aromatic heterocycles. The van der Waals surface area contributed by atoms with E-state index in [9.17, 15) is 13.9 Å². The predicted molar refractivity (Wildman–Crippen MR) is 73.3 cm³/mol. The SMILES string of the molecule is Cc1ccnc(NCC(O)c2ccc(OC(F)F)cc2)n1.